The number of carbonyl (C=O) groups is 2. The number of H-pyrrole nitrogens is 1. The first-order chi connectivity index (χ1) is 13.1. The summed E-state index contributed by atoms with van der Waals surface area (Å²) in [6.07, 6.45) is 0.816. The van der Waals surface area contributed by atoms with Crippen LogP contribution in [0.4, 0.5) is 4.79 Å². The fraction of sp³-hybridized carbons (Fsp3) is 0.158. The lowest BCUT2D eigenvalue weighted by Gasteiger charge is -2.07. The SMILES string of the molecule is COC(=O)C(Cc1cc(Cl)c2[nH]ncc2c1)=NC(=O)OCc1ccccc1. The highest BCUT2D eigenvalue weighted by Gasteiger charge is 2.17. The number of nitrogens with zero attached hydrogens (tertiary/aromatic N) is 2. The molecule has 0 spiro atoms. The second-order valence-electron chi connectivity index (χ2n) is 5.68. The first-order valence-corrected chi connectivity index (χ1v) is 8.42. The van der Waals surface area contributed by atoms with Crippen LogP contribution >= 0.6 is 11.6 Å². The van der Waals surface area contributed by atoms with Gasteiger partial charge < -0.3 is 9.47 Å². The number of carbonyl (C=O) groups excluding carboxylic acids is 2. The van der Waals surface area contributed by atoms with Gasteiger partial charge in [-0.05, 0) is 23.3 Å². The molecule has 0 saturated carbocycles. The normalized spacial score (nSPS) is 11.4. The number of amides is 1. The number of nitrogens with one attached hydrogen (secondary N) is 1. The highest BCUT2D eigenvalue weighted by molar-refractivity contribution is 6.38. The van der Waals surface area contributed by atoms with E-state index in [1.54, 1.807) is 18.3 Å². The van der Waals surface area contributed by atoms with Gasteiger partial charge in [0.1, 0.15) is 12.3 Å². The average molecular weight is 386 g/mol. The molecule has 0 atom stereocenters. The second-order valence-corrected chi connectivity index (χ2v) is 6.09. The molecule has 0 radical (unpaired) electrons. The number of benzene rings is 2. The number of aliphatic imine (C=N–C) groups is 1. The smallest absolute Gasteiger partial charge is 0.434 e. The summed E-state index contributed by atoms with van der Waals surface area (Å²) in [4.78, 5) is 27.8. The molecule has 1 amide bonds. The molecule has 7 nitrogen and oxygen atoms in total. The Bertz CT molecular complexity index is 999. The minimum absolute atomic E-state index is 0.0600. The Morgan fingerprint density at radius 3 is 2.70 bits per heavy atom. The molecule has 2 aromatic carbocycles. The lowest BCUT2D eigenvalue weighted by Crippen LogP contribution is -2.20. The Kier molecular flexibility index (Phi) is 5.83. The van der Waals surface area contributed by atoms with E-state index in [2.05, 4.69) is 15.2 Å². The molecule has 1 N–H and O–H groups in total. The van der Waals surface area contributed by atoms with Crippen molar-refractivity contribution in [2.45, 2.75) is 13.0 Å². The van der Waals surface area contributed by atoms with Crippen LogP contribution in [-0.2, 0) is 27.3 Å². The summed E-state index contributed by atoms with van der Waals surface area (Å²) in [6.45, 7) is 0.0600. The number of rotatable bonds is 5. The van der Waals surface area contributed by atoms with E-state index in [0.717, 1.165) is 10.9 Å². The quantitative estimate of drug-likeness (QED) is 0.533. The number of hydrogen-bond donors (Lipinski definition) is 1. The van der Waals surface area contributed by atoms with E-state index in [-0.39, 0.29) is 18.7 Å². The first-order valence-electron chi connectivity index (χ1n) is 8.05. The molecule has 0 fully saturated rings. The van der Waals surface area contributed by atoms with E-state index >= 15 is 0 Å². The van der Waals surface area contributed by atoms with Gasteiger partial charge in [0.05, 0.1) is 23.8 Å². The summed E-state index contributed by atoms with van der Waals surface area (Å²) in [6, 6.07) is 12.7. The van der Waals surface area contributed by atoms with Gasteiger partial charge in [-0.25, -0.2) is 9.59 Å². The van der Waals surface area contributed by atoms with Crippen LogP contribution in [0.1, 0.15) is 11.1 Å². The average Bonchev–Trinajstić information content (AvgIpc) is 3.15. The number of esters is 1. The van der Waals surface area contributed by atoms with Crippen molar-refractivity contribution in [1.82, 2.24) is 10.2 Å². The molecule has 1 heterocycles. The van der Waals surface area contributed by atoms with E-state index in [4.69, 9.17) is 21.1 Å². The van der Waals surface area contributed by atoms with Gasteiger partial charge in [0.25, 0.3) is 0 Å². The number of aromatic amines is 1. The van der Waals surface area contributed by atoms with Crippen LogP contribution in [-0.4, -0.2) is 35.1 Å². The molecule has 0 unspecified atom stereocenters. The number of fused-ring (bicyclic) bond motifs is 1. The van der Waals surface area contributed by atoms with Crippen molar-refractivity contribution in [3.63, 3.8) is 0 Å². The Labute approximate surface area is 160 Å². The summed E-state index contributed by atoms with van der Waals surface area (Å²) in [5.74, 6) is -0.713. The van der Waals surface area contributed by atoms with Crippen molar-refractivity contribution in [3.8, 4) is 0 Å². The molecule has 8 heteroatoms. The molecule has 0 aliphatic carbocycles. The van der Waals surface area contributed by atoms with E-state index in [9.17, 15) is 9.59 Å². The fourth-order valence-corrected chi connectivity index (χ4v) is 2.80. The number of methoxy groups -OCH3 is 1. The fourth-order valence-electron chi connectivity index (χ4n) is 2.50. The van der Waals surface area contributed by atoms with Gasteiger partial charge in [-0.3, -0.25) is 5.10 Å². The van der Waals surface area contributed by atoms with Crippen LogP contribution in [0.5, 0.6) is 0 Å². The maximum Gasteiger partial charge on any atom is 0.434 e. The Morgan fingerprint density at radius 2 is 1.96 bits per heavy atom. The van der Waals surface area contributed by atoms with Gasteiger partial charge in [0.2, 0.25) is 0 Å². The maximum atomic E-state index is 12.0. The van der Waals surface area contributed by atoms with Crippen LogP contribution in [0.3, 0.4) is 0 Å². The topological polar surface area (TPSA) is 93.6 Å². The summed E-state index contributed by atoms with van der Waals surface area (Å²) >= 11 is 6.20. The monoisotopic (exact) mass is 385 g/mol. The van der Waals surface area contributed by atoms with E-state index in [1.165, 1.54) is 7.11 Å². The summed E-state index contributed by atoms with van der Waals surface area (Å²) in [5, 5.41) is 7.96. The number of halogens is 1. The van der Waals surface area contributed by atoms with Crippen LogP contribution < -0.4 is 0 Å². The van der Waals surface area contributed by atoms with Crippen LogP contribution in [0, 0.1) is 0 Å². The van der Waals surface area contributed by atoms with Crippen LogP contribution in [0.25, 0.3) is 10.9 Å². The molecule has 27 heavy (non-hydrogen) atoms. The number of ether oxygens (including phenoxy) is 2. The van der Waals surface area contributed by atoms with Crippen molar-refractivity contribution in [2.75, 3.05) is 7.11 Å². The lowest BCUT2D eigenvalue weighted by atomic mass is 10.1. The molecule has 138 valence electrons. The molecule has 0 aliphatic rings. The van der Waals surface area contributed by atoms with Crippen molar-refractivity contribution in [1.29, 1.82) is 0 Å². The molecule has 0 bridgehead atoms. The highest BCUT2D eigenvalue weighted by atomic mass is 35.5. The minimum Gasteiger partial charge on any atom is -0.465 e. The van der Waals surface area contributed by atoms with Crippen molar-refractivity contribution >= 4 is 40.3 Å². The molecule has 3 aromatic rings. The van der Waals surface area contributed by atoms with Crippen molar-refractivity contribution in [2.24, 2.45) is 4.99 Å². The zero-order chi connectivity index (χ0) is 19.2. The molecular weight excluding hydrogens is 370 g/mol. The summed E-state index contributed by atoms with van der Waals surface area (Å²) in [7, 11) is 1.22. The number of aromatic nitrogens is 2. The number of hydrogen-bond acceptors (Lipinski definition) is 5. The van der Waals surface area contributed by atoms with Gasteiger partial charge in [-0.1, -0.05) is 41.9 Å². The Balaban J connectivity index is 1.77. The Morgan fingerprint density at radius 1 is 1.19 bits per heavy atom. The van der Waals surface area contributed by atoms with Gasteiger partial charge in [-0.15, -0.1) is 0 Å². The van der Waals surface area contributed by atoms with Gasteiger partial charge in [0.15, 0.2) is 0 Å². The van der Waals surface area contributed by atoms with Gasteiger partial charge >= 0.3 is 12.1 Å². The third kappa shape index (κ3) is 4.71. The van der Waals surface area contributed by atoms with Gasteiger partial charge in [0, 0.05) is 11.8 Å². The lowest BCUT2D eigenvalue weighted by molar-refractivity contribution is -0.132. The third-order valence-corrected chi connectivity index (χ3v) is 4.08. The maximum absolute atomic E-state index is 12.0. The highest BCUT2D eigenvalue weighted by Crippen LogP contribution is 2.23. The van der Waals surface area contributed by atoms with Crippen LogP contribution in [0.2, 0.25) is 5.02 Å². The molecule has 0 saturated heterocycles. The first kappa shape index (κ1) is 18.6. The van der Waals surface area contributed by atoms with Gasteiger partial charge in [-0.2, -0.15) is 10.1 Å². The van der Waals surface area contributed by atoms with E-state index in [0.29, 0.717) is 16.1 Å². The molecular formula is C19H16ClN3O4. The predicted molar refractivity (Wildman–Crippen MR) is 101 cm³/mol. The minimum atomic E-state index is -0.866. The van der Waals surface area contributed by atoms with E-state index < -0.39 is 12.1 Å². The largest absolute Gasteiger partial charge is 0.465 e. The molecule has 1 aromatic heterocycles. The molecule has 3 rings (SSSR count). The molecule has 0 aliphatic heterocycles. The second kappa shape index (κ2) is 8.46. The van der Waals surface area contributed by atoms with Crippen LogP contribution in [0.15, 0.2) is 53.7 Å². The summed E-state index contributed by atoms with van der Waals surface area (Å²) in [5.41, 5.74) is 2.13. The standard InChI is InChI=1S/C19H16ClN3O4/c1-26-18(24)16(22-19(25)27-11-12-5-3-2-4-6-12)9-13-7-14-10-21-23-17(14)15(20)8-13/h2-8,10H,9,11H2,1H3,(H,21,23). The van der Waals surface area contributed by atoms with E-state index in [1.807, 2.05) is 30.3 Å². The summed E-state index contributed by atoms with van der Waals surface area (Å²) < 4.78 is 9.82. The Hall–Kier alpha value is -3.19. The zero-order valence-electron chi connectivity index (χ0n) is 14.4. The zero-order valence-corrected chi connectivity index (χ0v) is 15.2. The third-order valence-electron chi connectivity index (χ3n) is 3.78. The predicted octanol–water partition coefficient (Wildman–Crippen LogP) is 3.71. The van der Waals surface area contributed by atoms with Crippen molar-refractivity contribution < 1.29 is 19.1 Å². The van der Waals surface area contributed by atoms with Crippen molar-refractivity contribution in [3.05, 3.63) is 64.8 Å².